The molecule has 3 nitrogen and oxygen atoms in total. The van der Waals surface area contributed by atoms with Crippen molar-refractivity contribution >= 4 is 27.5 Å². The van der Waals surface area contributed by atoms with E-state index in [4.69, 9.17) is 0 Å². The molecule has 1 heterocycles. The van der Waals surface area contributed by atoms with Gasteiger partial charge in [-0.25, -0.2) is 4.98 Å². The van der Waals surface area contributed by atoms with Crippen LogP contribution in [0.25, 0.3) is 10.2 Å². The number of hydrogen-bond acceptors (Lipinski definition) is 3. The van der Waals surface area contributed by atoms with Crippen molar-refractivity contribution in [1.29, 1.82) is 0 Å². The number of nitrogens with zero attached hydrogens (tertiary/aromatic N) is 1. The van der Waals surface area contributed by atoms with E-state index < -0.39 is 0 Å². The minimum atomic E-state index is -0.00365. The standard InChI is InChI=1S/C18H16N2OS/c21-18(14-8-9-15-16(10-14)22-11-19-15)20-17(13-6-7-13)12-4-2-1-3-5-12/h1-5,8-11,13,17H,6-7H2,(H,20,21)/t17-/m1/s1. The second-order valence-electron chi connectivity index (χ2n) is 5.73. The number of carbonyl (C=O) groups is 1. The summed E-state index contributed by atoms with van der Waals surface area (Å²) in [6.07, 6.45) is 2.38. The summed E-state index contributed by atoms with van der Waals surface area (Å²) in [7, 11) is 0. The van der Waals surface area contributed by atoms with E-state index in [2.05, 4.69) is 22.4 Å². The first-order valence-corrected chi connectivity index (χ1v) is 8.38. The number of hydrogen-bond donors (Lipinski definition) is 1. The van der Waals surface area contributed by atoms with Crippen molar-refractivity contribution in [2.45, 2.75) is 18.9 Å². The topological polar surface area (TPSA) is 42.0 Å². The van der Waals surface area contributed by atoms with Gasteiger partial charge in [-0.3, -0.25) is 4.79 Å². The Hall–Kier alpha value is -2.20. The molecular weight excluding hydrogens is 292 g/mol. The fraction of sp³-hybridized carbons (Fsp3) is 0.222. The first-order chi connectivity index (χ1) is 10.8. The quantitative estimate of drug-likeness (QED) is 0.785. The summed E-state index contributed by atoms with van der Waals surface area (Å²) in [6, 6.07) is 16.1. The molecule has 4 heteroatoms. The highest BCUT2D eigenvalue weighted by Gasteiger charge is 2.33. The summed E-state index contributed by atoms with van der Waals surface area (Å²) < 4.78 is 1.05. The summed E-state index contributed by atoms with van der Waals surface area (Å²) in [5.41, 5.74) is 4.66. The van der Waals surface area contributed by atoms with Crippen LogP contribution < -0.4 is 5.32 Å². The first-order valence-electron chi connectivity index (χ1n) is 7.50. The zero-order valence-electron chi connectivity index (χ0n) is 12.0. The van der Waals surface area contributed by atoms with E-state index in [-0.39, 0.29) is 11.9 Å². The molecule has 1 N–H and O–H groups in total. The number of aromatic nitrogens is 1. The normalized spacial score (nSPS) is 15.6. The van der Waals surface area contributed by atoms with E-state index in [9.17, 15) is 4.79 Å². The van der Waals surface area contributed by atoms with Crippen LogP contribution in [0, 0.1) is 5.92 Å². The van der Waals surface area contributed by atoms with Gasteiger partial charge in [-0.05, 0) is 42.5 Å². The summed E-state index contributed by atoms with van der Waals surface area (Å²) in [4.78, 5) is 16.9. The van der Waals surface area contributed by atoms with Crippen molar-refractivity contribution in [2.24, 2.45) is 5.92 Å². The molecule has 3 aromatic rings. The average molecular weight is 308 g/mol. The molecule has 1 aliphatic carbocycles. The van der Waals surface area contributed by atoms with Crippen LogP contribution in [0.15, 0.2) is 54.0 Å². The molecule has 4 rings (SSSR count). The van der Waals surface area contributed by atoms with E-state index in [1.807, 2.05) is 41.9 Å². The Kier molecular flexibility index (Phi) is 3.39. The molecule has 0 radical (unpaired) electrons. The number of carbonyl (C=O) groups excluding carboxylic acids is 1. The molecule has 0 aliphatic heterocycles. The first kappa shape index (κ1) is 13.5. The third-order valence-electron chi connectivity index (χ3n) is 4.13. The minimum absolute atomic E-state index is 0.00365. The molecule has 1 aromatic heterocycles. The molecule has 1 aliphatic rings. The predicted molar refractivity (Wildman–Crippen MR) is 89.0 cm³/mol. The molecule has 0 unspecified atom stereocenters. The van der Waals surface area contributed by atoms with E-state index >= 15 is 0 Å². The summed E-state index contributed by atoms with van der Waals surface area (Å²) in [6.45, 7) is 0. The molecule has 22 heavy (non-hydrogen) atoms. The average Bonchev–Trinajstić information content (AvgIpc) is 3.29. The van der Waals surface area contributed by atoms with Gasteiger partial charge < -0.3 is 5.32 Å². The van der Waals surface area contributed by atoms with Gasteiger partial charge in [-0.1, -0.05) is 30.3 Å². The van der Waals surface area contributed by atoms with Crippen LogP contribution in [0.5, 0.6) is 0 Å². The van der Waals surface area contributed by atoms with E-state index in [0.29, 0.717) is 11.5 Å². The maximum atomic E-state index is 12.6. The van der Waals surface area contributed by atoms with Crippen LogP contribution in [0.4, 0.5) is 0 Å². The second-order valence-corrected chi connectivity index (χ2v) is 6.62. The van der Waals surface area contributed by atoms with Crippen molar-refractivity contribution in [3.8, 4) is 0 Å². The van der Waals surface area contributed by atoms with Crippen LogP contribution in [0.2, 0.25) is 0 Å². The lowest BCUT2D eigenvalue weighted by molar-refractivity contribution is 0.0932. The van der Waals surface area contributed by atoms with Crippen molar-refractivity contribution in [2.75, 3.05) is 0 Å². The lowest BCUT2D eigenvalue weighted by Gasteiger charge is -2.19. The maximum Gasteiger partial charge on any atom is 0.251 e. The van der Waals surface area contributed by atoms with Crippen molar-refractivity contribution in [1.82, 2.24) is 10.3 Å². The predicted octanol–water partition coefficient (Wildman–Crippen LogP) is 4.18. The van der Waals surface area contributed by atoms with Crippen LogP contribution in [0.1, 0.15) is 34.8 Å². The maximum absolute atomic E-state index is 12.6. The smallest absolute Gasteiger partial charge is 0.251 e. The fourth-order valence-electron chi connectivity index (χ4n) is 2.78. The second kappa shape index (κ2) is 5.54. The Bertz CT molecular complexity index is 808. The zero-order valence-corrected chi connectivity index (χ0v) is 12.8. The molecule has 1 saturated carbocycles. The molecule has 0 bridgehead atoms. The molecule has 110 valence electrons. The number of benzene rings is 2. The highest BCUT2D eigenvalue weighted by atomic mass is 32.1. The van der Waals surface area contributed by atoms with Crippen LogP contribution in [-0.2, 0) is 0 Å². The summed E-state index contributed by atoms with van der Waals surface area (Å²) >= 11 is 1.56. The molecule has 2 aromatic carbocycles. The number of amides is 1. The van der Waals surface area contributed by atoms with Gasteiger partial charge in [0.25, 0.3) is 5.91 Å². The molecule has 1 fully saturated rings. The minimum Gasteiger partial charge on any atom is -0.345 e. The molecule has 0 spiro atoms. The van der Waals surface area contributed by atoms with E-state index in [0.717, 1.165) is 10.2 Å². The number of rotatable bonds is 4. The van der Waals surface area contributed by atoms with E-state index in [1.165, 1.54) is 18.4 Å². The highest BCUT2D eigenvalue weighted by Crippen LogP contribution is 2.41. The largest absolute Gasteiger partial charge is 0.345 e. The van der Waals surface area contributed by atoms with Gasteiger partial charge in [0.2, 0.25) is 0 Å². The third-order valence-corrected chi connectivity index (χ3v) is 4.92. The molecule has 1 atom stereocenters. The van der Waals surface area contributed by atoms with Crippen molar-refractivity contribution < 1.29 is 4.79 Å². The third kappa shape index (κ3) is 2.62. The van der Waals surface area contributed by atoms with Gasteiger partial charge in [0, 0.05) is 5.56 Å². The molecule has 0 saturated heterocycles. The summed E-state index contributed by atoms with van der Waals surface area (Å²) in [5, 5.41) is 3.21. The summed E-state index contributed by atoms with van der Waals surface area (Å²) in [5.74, 6) is 0.564. The van der Waals surface area contributed by atoms with Crippen molar-refractivity contribution in [3.05, 3.63) is 65.2 Å². The lowest BCUT2D eigenvalue weighted by atomic mass is 10.0. The van der Waals surface area contributed by atoms with Gasteiger partial charge in [0.1, 0.15) is 0 Å². The Balaban J connectivity index is 1.59. The SMILES string of the molecule is O=C(N[C@H](c1ccccc1)C1CC1)c1ccc2ncsc2c1. The number of fused-ring (bicyclic) bond motifs is 1. The van der Waals surface area contributed by atoms with Gasteiger partial charge in [-0.15, -0.1) is 11.3 Å². The number of thiazole rings is 1. The molecule has 1 amide bonds. The Morgan fingerprint density at radius 1 is 1.18 bits per heavy atom. The van der Waals surface area contributed by atoms with Crippen LogP contribution in [0.3, 0.4) is 0 Å². The highest BCUT2D eigenvalue weighted by molar-refractivity contribution is 7.16. The van der Waals surface area contributed by atoms with Crippen LogP contribution >= 0.6 is 11.3 Å². The Morgan fingerprint density at radius 3 is 2.77 bits per heavy atom. The van der Waals surface area contributed by atoms with Gasteiger partial charge >= 0.3 is 0 Å². The fourth-order valence-corrected chi connectivity index (χ4v) is 3.50. The van der Waals surface area contributed by atoms with Gasteiger partial charge in [-0.2, -0.15) is 0 Å². The van der Waals surface area contributed by atoms with Gasteiger partial charge in [0.05, 0.1) is 21.8 Å². The van der Waals surface area contributed by atoms with Crippen LogP contribution in [-0.4, -0.2) is 10.9 Å². The lowest BCUT2D eigenvalue weighted by Crippen LogP contribution is -2.29. The zero-order chi connectivity index (χ0) is 14.9. The monoisotopic (exact) mass is 308 g/mol. The molecular formula is C18H16N2OS. The van der Waals surface area contributed by atoms with Crippen molar-refractivity contribution in [3.63, 3.8) is 0 Å². The Morgan fingerprint density at radius 2 is 2.00 bits per heavy atom. The Labute approximate surface area is 133 Å². The van der Waals surface area contributed by atoms with E-state index in [1.54, 1.807) is 11.3 Å². The number of nitrogens with one attached hydrogen (secondary N) is 1. The van der Waals surface area contributed by atoms with Gasteiger partial charge in [0.15, 0.2) is 0 Å².